The molecule has 0 radical (unpaired) electrons. The Balaban J connectivity index is 1.68. The van der Waals surface area contributed by atoms with Crippen LogP contribution in [0.4, 0.5) is 4.79 Å². The van der Waals surface area contributed by atoms with Crippen LogP contribution >= 0.6 is 0 Å². The number of benzene rings is 1. The van der Waals surface area contributed by atoms with Gasteiger partial charge in [0.05, 0.1) is 6.04 Å². The number of nitrogens with zero attached hydrogens (tertiary/aromatic N) is 1. The third-order valence-electron chi connectivity index (χ3n) is 5.34. The molecule has 1 heterocycles. The molecule has 0 bridgehead atoms. The number of likely N-dealkylation sites (tertiary alicyclic amines) is 1. The van der Waals surface area contributed by atoms with Crippen molar-refractivity contribution >= 4 is 23.9 Å². The van der Waals surface area contributed by atoms with Gasteiger partial charge in [0.25, 0.3) is 0 Å². The number of aliphatic carboxylic acids is 2. The van der Waals surface area contributed by atoms with E-state index in [2.05, 4.69) is 10.6 Å². The fourth-order valence-electron chi connectivity index (χ4n) is 3.63. The van der Waals surface area contributed by atoms with Gasteiger partial charge in [0, 0.05) is 13.1 Å². The number of carbonyl (C=O) groups is 4. The molecule has 1 saturated heterocycles. The molecule has 0 spiro atoms. The topological polar surface area (TPSA) is 145 Å². The third kappa shape index (κ3) is 7.84. The standard InChI is InChI=1S/C22H31N3O7/c1-15(19(26)25-13-7-11-18(25)21(29)30)24-17(20(27)28)10-5-6-12-23-22(31)32-14-16-8-3-2-4-9-16/h2-4,8-9,15,17-18,24H,5-7,10-14H2,1H3,(H,23,31)(H,27,28)(H,29,30)/t15-,17?,18-/m0/s1. The predicted octanol–water partition coefficient (Wildman–Crippen LogP) is 1.59. The number of rotatable bonds is 12. The Bertz CT molecular complexity index is 787. The lowest BCUT2D eigenvalue weighted by Gasteiger charge is -2.27. The molecule has 1 fully saturated rings. The molecule has 2 rings (SSSR count). The molecule has 1 aromatic rings. The highest BCUT2D eigenvalue weighted by atomic mass is 16.5. The third-order valence-corrected chi connectivity index (χ3v) is 5.34. The zero-order valence-corrected chi connectivity index (χ0v) is 18.2. The summed E-state index contributed by atoms with van der Waals surface area (Å²) in [7, 11) is 0. The maximum atomic E-state index is 12.6. The minimum Gasteiger partial charge on any atom is -0.480 e. The van der Waals surface area contributed by atoms with Gasteiger partial charge in [-0.05, 0) is 44.6 Å². The van der Waals surface area contributed by atoms with E-state index in [4.69, 9.17) is 4.74 Å². The van der Waals surface area contributed by atoms with Crippen LogP contribution < -0.4 is 10.6 Å². The number of alkyl carbamates (subject to hydrolysis) is 1. The Morgan fingerprint density at radius 1 is 1.16 bits per heavy atom. The van der Waals surface area contributed by atoms with Gasteiger partial charge in [0.1, 0.15) is 18.7 Å². The van der Waals surface area contributed by atoms with Gasteiger partial charge in [0.15, 0.2) is 0 Å². The number of amides is 2. The van der Waals surface area contributed by atoms with E-state index in [0.29, 0.717) is 38.8 Å². The zero-order chi connectivity index (χ0) is 23.5. The van der Waals surface area contributed by atoms with Crippen LogP contribution in [-0.4, -0.2) is 70.3 Å². The van der Waals surface area contributed by atoms with Crippen molar-refractivity contribution in [3.8, 4) is 0 Å². The summed E-state index contributed by atoms with van der Waals surface area (Å²) in [6.45, 7) is 2.40. The van der Waals surface area contributed by atoms with Gasteiger partial charge in [-0.3, -0.25) is 14.9 Å². The molecule has 1 unspecified atom stereocenters. The van der Waals surface area contributed by atoms with E-state index < -0.39 is 42.1 Å². The van der Waals surface area contributed by atoms with Crippen molar-refractivity contribution in [2.45, 2.75) is 63.8 Å². The van der Waals surface area contributed by atoms with E-state index in [0.717, 1.165) is 5.56 Å². The fourth-order valence-corrected chi connectivity index (χ4v) is 3.63. The van der Waals surface area contributed by atoms with E-state index in [-0.39, 0.29) is 13.0 Å². The summed E-state index contributed by atoms with van der Waals surface area (Å²) >= 11 is 0. The van der Waals surface area contributed by atoms with Crippen molar-refractivity contribution in [2.24, 2.45) is 0 Å². The van der Waals surface area contributed by atoms with Crippen LogP contribution in [0.3, 0.4) is 0 Å². The SMILES string of the molecule is C[C@H](NC(CCCCNC(=O)OCc1ccccc1)C(=O)O)C(=O)N1CCC[C@H]1C(=O)O. The highest BCUT2D eigenvalue weighted by Gasteiger charge is 2.36. The van der Waals surface area contributed by atoms with E-state index in [9.17, 15) is 29.4 Å². The second-order valence-electron chi connectivity index (χ2n) is 7.79. The Kier molecular flexibility index (Phi) is 9.93. The molecule has 0 aliphatic carbocycles. The summed E-state index contributed by atoms with van der Waals surface area (Å²) in [4.78, 5) is 48.5. The van der Waals surface area contributed by atoms with Gasteiger partial charge >= 0.3 is 18.0 Å². The molecule has 3 atom stereocenters. The molecule has 10 nitrogen and oxygen atoms in total. The highest BCUT2D eigenvalue weighted by Crippen LogP contribution is 2.18. The summed E-state index contributed by atoms with van der Waals surface area (Å²) in [5.74, 6) is -2.55. The number of hydrogen-bond donors (Lipinski definition) is 4. The monoisotopic (exact) mass is 449 g/mol. The highest BCUT2D eigenvalue weighted by molar-refractivity contribution is 5.88. The molecule has 1 aliphatic heterocycles. The van der Waals surface area contributed by atoms with Gasteiger partial charge in [-0.1, -0.05) is 30.3 Å². The first kappa shape index (κ1) is 25.1. The average Bonchev–Trinajstić information content (AvgIpc) is 3.27. The molecule has 10 heteroatoms. The van der Waals surface area contributed by atoms with Gasteiger partial charge in [-0.25, -0.2) is 9.59 Å². The van der Waals surface area contributed by atoms with Crippen molar-refractivity contribution < 1.29 is 34.1 Å². The zero-order valence-electron chi connectivity index (χ0n) is 18.2. The second-order valence-corrected chi connectivity index (χ2v) is 7.79. The molecule has 32 heavy (non-hydrogen) atoms. The molecule has 0 aromatic heterocycles. The van der Waals surface area contributed by atoms with Crippen LogP contribution in [0, 0.1) is 0 Å². The number of hydrogen-bond acceptors (Lipinski definition) is 6. The first-order valence-electron chi connectivity index (χ1n) is 10.8. The summed E-state index contributed by atoms with van der Waals surface area (Å²) in [6, 6.07) is 6.65. The van der Waals surface area contributed by atoms with Crippen molar-refractivity contribution in [1.82, 2.24) is 15.5 Å². The number of carboxylic acid groups (broad SMARTS) is 2. The van der Waals surface area contributed by atoms with E-state index in [1.54, 1.807) is 6.92 Å². The fraction of sp³-hybridized carbons (Fsp3) is 0.545. The summed E-state index contributed by atoms with van der Waals surface area (Å²) in [5, 5.41) is 24.1. The van der Waals surface area contributed by atoms with Crippen LogP contribution in [0.15, 0.2) is 30.3 Å². The second kappa shape index (κ2) is 12.7. The molecular formula is C22H31N3O7. The Morgan fingerprint density at radius 2 is 1.88 bits per heavy atom. The molecule has 1 aromatic carbocycles. The molecule has 0 saturated carbocycles. The number of nitrogens with one attached hydrogen (secondary N) is 2. The van der Waals surface area contributed by atoms with Crippen LogP contribution in [0.5, 0.6) is 0 Å². The average molecular weight is 450 g/mol. The lowest BCUT2D eigenvalue weighted by molar-refractivity contribution is -0.149. The maximum Gasteiger partial charge on any atom is 0.407 e. The minimum atomic E-state index is -1.09. The van der Waals surface area contributed by atoms with Crippen LogP contribution in [0.25, 0.3) is 0 Å². The Morgan fingerprint density at radius 3 is 2.53 bits per heavy atom. The number of ether oxygens (including phenoxy) is 1. The number of carbonyl (C=O) groups excluding carboxylic acids is 2. The summed E-state index contributed by atoms with van der Waals surface area (Å²) < 4.78 is 5.11. The van der Waals surface area contributed by atoms with Crippen LogP contribution in [-0.2, 0) is 25.7 Å². The van der Waals surface area contributed by atoms with Crippen molar-refractivity contribution in [1.29, 1.82) is 0 Å². The Labute approximate surface area is 186 Å². The maximum absolute atomic E-state index is 12.6. The minimum absolute atomic E-state index is 0.170. The molecule has 4 N–H and O–H groups in total. The van der Waals surface area contributed by atoms with E-state index >= 15 is 0 Å². The quantitative estimate of drug-likeness (QED) is 0.352. The van der Waals surface area contributed by atoms with Crippen LogP contribution in [0.1, 0.15) is 44.6 Å². The van der Waals surface area contributed by atoms with Crippen molar-refractivity contribution in [2.75, 3.05) is 13.1 Å². The van der Waals surface area contributed by atoms with Gasteiger partial charge in [-0.15, -0.1) is 0 Å². The first-order valence-corrected chi connectivity index (χ1v) is 10.8. The summed E-state index contributed by atoms with van der Waals surface area (Å²) in [5.41, 5.74) is 0.880. The lowest BCUT2D eigenvalue weighted by atomic mass is 10.1. The van der Waals surface area contributed by atoms with E-state index in [1.807, 2.05) is 30.3 Å². The van der Waals surface area contributed by atoms with Gasteiger partial charge in [-0.2, -0.15) is 0 Å². The Hall–Kier alpha value is -3.14. The van der Waals surface area contributed by atoms with Crippen molar-refractivity contribution in [3.05, 3.63) is 35.9 Å². The number of unbranched alkanes of at least 4 members (excludes halogenated alkanes) is 1. The van der Waals surface area contributed by atoms with Crippen molar-refractivity contribution in [3.63, 3.8) is 0 Å². The largest absolute Gasteiger partial charge is 0.480 e. The molecule has 176 valence electrons. The first-order chi connectivity index (χ1) is 15.3. The normalized spacial score (nSPS) is 17.4. The van der Waals surface area contributed by atoms with Gasteiger partial charge < -0.3 is 25.2 Å². The summed E-state index contributed by atoms with van der Waals surface area (Å²) in [6.07, 6.45) is 1.78. The predicted molar refractivity (Wildman–Crippen MR) is 115 cm³/mol. The van der Waals surface area contributed by atoms with Gasteiger partial charge in [0.2, 0.25) is 5.91 Å². The lowest BCUT2D eigenvalue weighted by Crippen LogP contribution is -2.53. The molecule has 1 aliphatic rings. The van der Waals surface area contributed by atoms with E-state index in [1.165, 1.54) is 4.90 Å². The number of carboxylic acids is 2. The molecule has 2 amide bonds. The molecular weight excluding hydrogens is 418 g/mol. The van der Waals surface area contributed by atoms with Crippen LogP contribution in [0.2, 0.25) is 0 Å². The smallest absolute Gasteiger partial charge is 0.407 e.